The highest BCUT2D eigenvalue weighted by Crippen LogP contribution is 2.33. The first-order valence-electron chi connectivity index (χ1n) is 9.24. The number of amides is 1. The standard InChI is InChI=1S/C18H35NO5Si/c1-9-25(10-2,11-3)24-15(12-20)14-13-22-18(7,8)19(14)16(21)23-17(4,5)6/h12,14-15H,9-11,13H2,1-8H3/t14-,15-/m1/s1. The van der Waals surface area contributed by atoms with Crippen LogP contribution in [0.15, 0.2) is 0 Å². The lowest BCUT2D eigenvalue weighted by Crippen LogP contribution is -2.56. The summed E-state index contributed by atoms with van der Waals surface area (Å²) in [4.78, 5) is 26.1. The van der Waals surface area contributed by atoms with Crippen molar-refractivity contribution in [1.82, 2.24) is 4.90 Å². The third-order valence-electron chi connectivity index (χ3n) is 4.94. The number of rotatable bonds is 7. The Balaban J connectivity index is 3.09. The van der Waals surface area contributed by atoms with Gasteiger partial charge in [0.1, 0.15) is 23.7 Å². The molecule has 1 heterocycles. The van der Waals surface area contributed by atoms with Crippen LogP contribution in [0, 0.1) is 0 Å². The summed E-state index contributed by atoms with van der Waals surface area (Å²) in [6.07, 6.45) is -0.358. The van der Waals surface area contributed by atoms with E-state index in [4.69, 9.17) is 13.9 Å². The summed E-state index contributed by atoms with van der Waals surface area (Å²) in [5.74, 6) is 0. The molecule has 6 nitrogen and oxygen atoms in total. The number of hydrogen-bond donors (Lipinski definition) is 0. The van der Waals surface area contributed by atoms with E-state index in [9.17, 15) is 9.59 Å². The number of hydrogen-bond acceptors (Lipinski definition) is 5. The predicted molar refractivity (Wildman–Crippen MR) is 100 cm³/mol. The van der Waals surface area contributed by atoms with Crippen LogP contribution in [0.1, 0.15) is 55.4 Å². The van der Waals surface area contributed by atoms with Gasteiger partial charge in [0.25, 0.3) is 0 Å². The Kier molecular flexibility index (Phi) is 7.24. The number of carbonyl (C=O) groups excluding carboxylic acids is 2. The molecule has 0 N–H and O–H groups in total. The van der Waals surface area contributed by atoms with Gasteiger partial charge in [0.05, 0.1) is 12.6 Å². The maximum absolute atomic E-state index is 12.7. The lowest BCUT2D eigenvalue weighted by molar-refractivity contribution is -0.117. The van der Waals surface area contributed by atoms with Gasteiger partial charge in [0.15, 0.2) is 8.32 Å². The van der Waals surface area contributed by atoms with Crippen molar-refractivity contribution >= 4 is 20.7 Å². The van der Waals surface area contributed by atoms with Crippen molar-refractivity contribution in [3.63, 3.8) is 0 Å². The van der Waals surface area contributed by atoms with E-state index >= 15 is 0 Å². The van der Waals surface area contributed by atoms with Crippen LogP contribution in [-0.4, -0.2) is 55.7 Å². The zero-order valence-electron chi connectivity index (χ0n) is 17.0. The van der Waals surface area contributed by atoms with E-state index in [0.717, 1.165) is 24.4 Å². The molecule has 0 unspecified atom stereocenters. The molecule has 0 aromatic rings. The normalized spacial score (nSPS) is 21.9. The fourth-order valence-electron chi connectivity index (χ4n) is 3.23. The summed E-state index contributed by atoms with van der Waals surface area (Å²) in [7, 11) is -1.99. The van der Waals surface area contributed by atoms with Crippen molar-refractivity contribution in [2.75, 3.05) is 6.61 Å². The lowest BCUT2D eigenvalue weighted by atomic mass is 10.1. The van der Waals surface area contributed by atoms with Crippen molar-refractivity contribution in [3.8, 4) is 0 Å². The Morgan fingerprint density at radius 3 is 2.20 bits per heavy atom. The SMILES string of the molecule is CC[Si](CC)(CC)O[C@H](C=O)[C@H]1COC(C)(C)N1C(=O)OC(C)(C)C. The van der Waals surface area contributed by atoms with E-state index in [1.54, 1.807) is 0 Å². The average molecular weight is 374 g/mol. The van der Waals surface area contributed by atoms with Gasteiger partial charge in [-0.3, -0.25) is 4.90 Å². The molecule has 0 aromatic heterocycles. The molecule has 1 aliphatic rings. The summed E-state index contributed by atoms with van der Waals surface area (Å²) in [6.45, 7) is 15.7. The Bertz CT molecular complexity index is 462. The topological polar surface area (TPSA) is 65.1 Å². The fraction of sp³-hybridized carbons (Fsp3) is 0.889. The number of nitrogens with zero attached hydrogens (tertiary/aromatic N) is 1. The smallest absolute Gasteiger partial charge is 0.413 e. The highest BCUT2D eigenvalue weighted by Gasteiger charge is 2.50. The first-order valence-corrected chi connectivity index (χ1v) is 11.8. The average Bonchev–Trinajstić information content (AvgIpc) is 2.83. The van der Waals surface area contributed by atoms with E-state index in [-0.39, 0.29) is 6.61 Å². The molecule has 1 rings (SSSR count). The molecule has 25 heavy (non-hydrogen) atoms. The maximum atomic E-state index is 12.7. The van der Waals surface area contributed by atoms with Gasteiger partial charge in [-0.2, -0.15) is 0 Å². The number of ether oxygens (including phenoxy) is 2. The van der Waals surface area contributed by atoms with Gasteiger partial charge in [-0.15, -0.1) is 0 Å². The molecule has 1 amide bonds. The summed E-state index contributed by atoms with van der Waals surface area (Å²) < 4.78 is 17.7. The van der Waals surface area contributed by atoms with Crippen LogP contribution in [0.2, 0.25) is 18.1 Å². The summed E-state index contributed by atoms with van der Waals surface area (Å²) in [5.41, 5.74) is -1.46. The van der Waals surface area contributed by atoms with Crippen LogP contribution < -0.4 is 0 Å². The van der Waals surface area contributed by atoms with Gasteiger partial charge in [-0.05, 0) is 52.8 Å². The molecule has 0 radical (unpaired) electrons. The van der Waals surface area contributed by atoms with Gasteiger partial charge in [0, 0.05) is 0 Å². The second-order valence-corrected chi connectivity index (χ2v) is 12.9. The van der Waals surface area contributed by atoms with Crippen LogP contribution in [0.25, 0.3) is 0 Å². The van der Waals surface area contributed by atoms with Gasteiger partial charge in [-0.25, -0.2) is 4.79 Å². The summed E-state index contributed by atoms with van der Waals surface area (Å²) in [6, 6.07) is 2.34. The number of carbonyl (C=O) groups is 2. The summed E-state index contributed by atoms with van der Waals surface area (Å²) in [5, 5.41) is 0. The van der Waals surface area contributed by atoms with Crippen molar-refractivity contribution in [1.29, 1.82) is 0 Å². The van der Waals surface area contributed by atoms with Crippen molar-refractivity contribution in [3.05, 3.63) is 0 Å². The lowest BCUT2D eigenvalue weighted by Gasteiger charge is -2.39. The molecule has 2 atom stereocenters. The summed E-state index contributed by atoms with van der Waals surface area (Å²) >= 11 is 0. The zero-order valence-corrected chi connectivity index (χ0v) is 18.0. The van der Waals surface area contributed by atoms with Gasteiger partial charge in [0.2, 0.25) is 0 Å². The second kappa shape index (κ2) is 8.18. The molecule has 1 saturated heterocycles. The molecule has 0 spiro atoms. The Hall–Kier alpha value is -0.923. The minimum Gasteiger partial charge on any atom is -0.444 e. The van der Waals surface area contributed by atoms with E-state index in [1.807, 2.05) is 34.6 Å². The van der Waals surface area contributed by atoms with Crippen molar-refractivity contribution < 1.29 is 23.5 Å². The van der Waals surface area contributed by atoms with Crippen LogP contribution in [0.4, 0.5) is 4.79 Å². The van der Waals surface area contributed by atoms with Crippen molar-refractivity contribution in [2.24, 2.45) is 0 Å². The second-order valence-electron chi connectivity index (χ2n) is 8.14. The largest absolute Gasteiger partial charge is 0.444 e. The van der Waals surface area contributed by atoms with Gasteiger partial charge in [-0.1, -0.05) is 20.8 Å². The van der Waals surface area contributed by atoms with E-state index in [1.165, 1.54) is 4.90 Å². The van der Waals surface area contributed by atoms with E-state index < -0.39 is 37.9 Å². The minimum absolute atomic E-state index is 0.261. The Morgan fingerprint density at radius 2 is 1.80 bits per heavy atom. The van der Waals surface area contributed by atoms with Gasteiger partial charge >= 0.3 is 6.09 Å². The highest BCUT2D eigenvalue weighted by atomic mass is 28.4. The predicted octanol–water partition coefficient (Wildman–Crippen LogP) is 3.95. The molecular weight excluding hydrogens is 338 g/mol. The molecular formula is C18H35NO5Si. The molecule has 146 valence electrons. The molecule has 0 bridgehead atoms. The quantitative estimate of drug-likeness (QED) is 0.499. The Labute approximate surface area is 153 Å². The third-order valence-corrected chi connectivity index (χ3v) is 9.58. The van der Waals surface area contributed by atoms with Crippen LogP contribution >= 0.6 is 0 Å². The third kappa shape index (κ3) is 5.28. The molecule has 1 aliphatic heterocycles. The molecule has 0 saturated carbocycles. The van der Waals surface area contributed by atoms with Crippen LogP contribution in [-0.2, 0) is 18.7 Å². The first-order chi connectivity index (χ1) is 11.4. The molecule has 1 fully saturated rings. The maximum Gasteiger partial charge on any atom is 0.413 e. The van der Waals surface area contributed by atoms with E-state index in [2.05, 4.69) is 20.8 Å². The van der Waals surface area contributed by atoms with Crippen LogP contribution in [0.5, 0.6) is 0 Å². The molecule has 7 heteroatoms. The monoisotopic (exact) mass is 373 g/mol. The first kappa shape index (κ1) is 22.1. The fourth-order valence-corrected chi connectivity index (χ4v) is 6.02. The molecule has 0 aromatic carbocycles. The van der Waals surface area contributed by atoms with Crippen molar-refractivity contribution in [2.45, 2.75) is 97.0 Å². The van der Waals surface area contributed by atoms with E-state index in [0.29, 0.717) is 0 Å². The highest BCUT2D eigenvalue weighted by molar-refractivity contribution is 6.73. The van der Waals surface area contributed by atoms with Crippen LogP contribution in [0.3, 0.4) is 0 Å². The van der Waals surface area contributed by atoms with Gasteiger partial charge < -0.3 is 18.7 Å². The zero-order chi connectivity index (χ0) is 19.5. The number of aldehydes is 1. The Morgan fingerprint density at radius 1 is 1.28 bits per heavy atom. The minimum atomic E-state index is -1.99. The molecule has 0 aliphatic carbocycles.